The first-order valence-corrected chi connectivity index (χ1v) is 5.45. The zero-order chi connectivity index (χ0) is 11.8. The highest BCUT2D eigenvalue weighted by molar-refractivity contribution is 5.85. The van der Waals surface area contributed by atoms with Crippen molar-refractivity contribution in [1.29, 1.82) is 0 Å². The summed E-state index contributed by atoms with van der Waals surface area (Å²) < 4.78 is 5.02. The summed E-state index contributed by atoms with van der Waals surface area (Å²) in [5, 5.41) is 2.57. The number of rotatable bonds is 5. The number of alkyl carbamates (subject to hydrolysis) is 1. The molecule has 1 unspecified atom stereocenters. The molecule has 0 saturated heterocycles. The molecular formula is C12H19ClN2O2. The van der Waals surface area contributed by atoms with Crippen molar-refractivity contribution >= 4 is 18.5 Å². The van der Waals surface area contributed by atoms with Gasteiger partial charge in [-0.25, -0.2) is 4.79 Å². The lowest BCUT2D eigenvalue weighted by molar-refractivity contribution is 0.135. The molecule has 1 aromatic rings. The van der Waals surface area contributed by atoms with Crippen LogP contribution in [0.3, 0.4) is 0 Å². The van der Waals surface area contributed by atoms with E-state index in [-0.39, 0.29) is 25.2 Å². The number of hydrogen-bond acceptors (Lipinski definition) is 3. The van der Waals surface area contributed by atoms with Gasteiger partial charge in [0, 0.05) is 0 Å². The number of ether oxygens (including phenoxy) is 1. The quantitative estimate of drug-likeness (QED) is 0.798. The third-order valence-corrected chi connectivity index (χ3v) is 2.12. The van der Waals surface area contributed by atoms with Crippen LogP contribution >= 0.6 is 12.4 Å². The highest BCUT2D eigenvalue weighted by Crippen LogP contribution is 2.00. The Morgan fingerprint density at radius 1 is 1.41 bits per heavy atom. The summed E-state index contributed by atoms with van der Waals surface area (Å²) in [7, 11) is 0. The first-order chi connectivity index (χ1) is 7.72. The number of halogens is 1. The lowest BCUT2D eigenvalue weighted by Crippen LogP contribution is -2.41. The molecule has 0 fully saturated rings. The van der Waals surface area contributed by atoms with Gasteiger partial charge in [-0.1, -0.05) is 43.7 Å². The molecule has 1 rings (SSSR count). The second kappa shape index (κ2) is 8.84. The molecule has 1 aromatic carbocycles. The molecule has 4 nitrogen and oxygen atoms in total. The van der Waals surface area contributed by atoms with Crippen molar-refractivity contribution in [3.63, 3.8) is 0 Å². The van der Waals surface area contributed by atoms with Gasteiger partial charge in [-0.15, -0.1) is 12.4 Å². The van der Waals surface area contributed by atoms with E-state index in [0.717, 1.165) is 18.4 Å². The van der Waals surface area contributed by atoms with Gasteiger partial charge in [0.1, 0.15) is 6.61 Å². The van der Waals surface area contributed by atoms with E-state index in [0.29, 0.717) is 0 Å². The Labute approximate surface area is 108 Å². The number of hydrogen-bond donors (Lipinski definition) is 2. The highest BCUT2D eigenvalue weighted by Gasteiger charge is 2.07. The third-order valence-electron chi connectivity index (χ3n) is 2.12. The second-order valence-corrected chi connectivity index (χ2v) is 3.60. The molecule has 17 heavy (non-hydrogen) atoms. The van der Waals surface area contributed by atoms with E-state index < -0.39 is 6.09 Å². The second-order valence-electron chi connectivity index (χ2n) is 3.60. The van der Waals surface area contributed by atoms with Crippen molar-refractivity contribution in [3.8, 4) is 0 Å². The molecule has 1 atom stereocenters. The molecule has 0 spiro atoms. The Morgan fingerprint density at radius 3 is 2.65 bits per heavy atom. The van der Waals surface area contributed by atoms with Crippen LogP contribution in [0, 0.1) is 0 Å². The standard InChI is InChI=1S/C12H18N2O2.ClH/c1-2-6-11(13)14-12(15)16-9-10-7-4-3-5-8-10;/h3-5,7-8,11H,2,6,9,13H2,1H3,(H,14,15);1H. The van der Waals surface area contributed by atoms with E-state index in [1.54, 1.807) is 0 Å². The van der Waals surface area contributed by atoms with E-state index in [1.807, 2.05) is 37.3 Å². The van der Waals surface area contributed by atoms with Crippen molar-refractivity contribution in [2.75, 3.05) is 0 Å². The van der Waals surface area contributed by atoms with Gasteiger partial charge in [0.25, 0.3) is 0 Å². The van der Waals surface area contributed by atoms with Gasteiger partial charge in [0.2, 0.25) is 0 Å². The van der Waals surface area contributed by atoms with Gasteiger partial charge >= 0.3 is 6.09 Å². The minimum Gasteiger partial charge on any atom is -0.445 e. The zero-order valence-electron chi connectivity index (χ0n) is 9.89. The Balaban J connectivity index is 0.00000256. The number of nitrogens with one attached hydrogen (secondary N) is 1. The maximum atomic E-state index is 11.3. The summed E-state index contributed by atoms with van der Waals surface area (Å²) in [6.45, 7) is 2.28. The molecule has 0 radical (unpaired) electrons. The first-order valence-electron chi connectivity index (χ1n) is 5.45. The van der Waals surface area contributed by atoms with E-state index in [4.69, 9.17) is 10.5 Å². The molecule has 0 aliphatic carbocycles. The van der Waals surface area contributed by atoms with Crippen molar-refractivity contribution in [3.05, 3.63) is 35.9 Å². The predicted octanol–water partition coefficient (Wildman–Crippen LogP) is 2.42. The van der Waals surface area contributed by atoms with Crippen molar-refractivity contribution < 1.29 is 9.53 Å². The molecule has 0 aliphatic heterocycles. The molecule has 0 aromatic heterocycles. The van der Waals surface area contributed by atoms with Crippen LogP contribution in [0.15, 0.2) is 30.3 Å². The van der Waals surface area contributed by atoms with Crippen LogP contribution in [0.1, 0.15) is 25.3 Å². The predicted molar refractivity (Wildman–Crippen MR) is 69.9 cm³/mol. The molecular weight excluding hydrogens is 240 g/mol. The molecule has 5 heteroatoms. The highest BCUT2D eigenvalue weighted by atomic mass is 35.5. The van der Waals surface area contributed by atoms with Gasteiger partial charge in [-0.05, 0) is 12.0 Å². The van der Waals surface area contributed by atoms with Gasteiger partial charge in [0.05, 0.1) is 6.17 Å². The normalized spacial score (nSPS) is 11.2. The lowest BCUT2D eigenvalue weighted by atomic mass is 10.2. The SMILES string of the molecule is CCCC(N)NC(=O)OCc1ccccc1.Cl. The van der Waals surface area contributed by atoms with Crippen molar-refractivity contribution in [1.82, 2.24) is 5.32 Å². The fourth-order valence-corrected chi connectivity index (χ4v) is 1.30. The van der Waals surface area contributed by atoms with Crippen LogP contribution in [0.2, 0.25) is 0 Å². The van der Waals surface area contributed by atoms with Crippen LogP contribution in [0.25, 0.3) is 0 Å². The summed E-state index contributed by atoms with van der Waals surface area (Å²) >= 11 is 0. The van der Waals surface area contributed by atoms with Crippen LogP contribution in [0.5, 0.6) is 0 Å². The van der Waals surface area contributed by atoms with Gasteiger partial charge in [-0.3, -0.25) is 0 Å². The molecule has 0 aliphatic rings. The smallest absolute Gasteiger partial charge is 0.408 e. The number of benzene rings is 1. The summed E-state index contributed by atoms with van der Waals surface area (Å²) in [5.74, 6) is 0. The minimum atomic E-state index is -0.468. The summed E-state index contributed by atoms with van der Waals surface area (Å²) in [6, 6.07) is 9.53. The number of amides is 1. The van der Waals surface area contributed by atoms with Gasteiger partial charge < -0.3 is 15.8 Å². The minimum absolute atomic E-state index is 0. The fraction of sp³-hybridized carbons (Fsp3) is 0.417. The van der Waals surface area contributed by atoms with Crippen LogP contribution in [-0.4, -0.2) is 12.3 Å². The van der Waals surface area contributed by atoms with Crippen molar-refractivity contribution in [2.24, 2.45) is 5.73 Å². The van der Waals surface area contributed by atoms with Gasteiger partial charge in [0.15, 0.2) is 0 Å². The van der Waals surface area contributed by atoms with Crippen molar-refractivity contribution in [2.45, 2.75) is 32.5 Å². The molecule has 96 valence electrons. The number of nitrogens with two attached hydrogens (primary N) is 1. The van der Waals surface area contributed by atoms with Gasteiger partial charge in [-0.2, -0.15) is 0 Å². The largest absolute Gasteiger partial charge is 0.445 e. The maximum absolute atomic E-state index is 11.3. The maximum Gasteiger partial charge on any atom is 0.408 e. The topological polar surface area (TPSA) is 64.3 Å². The van der Waals surface area contributed by atoms with E-state index in [1.165, 1.54) is 0 Å². The van der Waals surface area contributed by atoms with Crippen LogP contribution < -0.4 is 11.1 Å². The summed E-state index contributed by atoms with van der Waals surface area (Å²) in [6.07, 6.45) is 0.888. The lowest BCUT2D eigenvalue weighted by Gasteiger charge is -2.12. The summed E-state index contributed by atoms with van der Waals surface area (Å²) in [5.41, 5.74) is 6.60. The molecule has 3 N–H and O–H groups in total. The Bertz CT molecular complexity index is 320. The average Bonchev–Trinajstić information content (AvgIpc) is 2.28. The Hall–Kier alpha value is -1.26. The Morgan fingerprint density at radius 2 is 2.06 bits per heavy atom. The molecule has 0 saturated carbocycles. The van der Waals surface area contributed by atoms with E-state index in [2.05, 4.69) is 5.32 Å². The zero-order valence-corrected chi connectivity index (χ0v) is 10.7. The number of carbonyl (C=O) groups excluding carboxylic acids is 1. The Kier molecular flexibility index (Phi) is 8.19. The molecule has 1 amide bonds. The van der Waals surface area contributed by atoms with Crippen LogP contribution in [-0.2, 0) is 11.3 Å². The fourth-order valence-electron chi connectivity index (χ4n) is 1.30. The monoisotopic (exact) mass is 258 g/mol. The average molecular weight is 259 g/mol. The van der Waals surface area contributed by atoms with Crippen LogP contribution in [0.4, 0.5) is 4.79 Å². The first kappa shape index (κ1) is 15.7. The molecule has 0 bridgehead atoms. The van der Waals surface area contributed by atoms with E-state index in [9.17, 15) is 4.79 Å². The summed E-state index contributed by atoms with van der Waals surface area (Å²) in [4.78, 5) is 11.3. The molecule has 0 heterocycles. The third kappa shape index (κ3) is 6.81. The number of carbonyl (C=O) groups is 1. The van der Waals surface area contributed by atoms with E-state index >= 15 is 0 Å².